The van der Waals surface area contributed by atoms with Gasteiger partial charge in [0.05, 0.1) is 10.2 Å². The topological polar surface area (TPSA) is 12.9 Å². The highest BCUT2D eigenvalue weighted by Crippen LogP contribution is 2.38. The summed E-state index contributed by atoms with van der Waals surface area (Å²) in [5.41, 5.74) is 9.45. The predicted octanol–water partition coefficient (Wildman–Crippen LogP) is 12.4. The Morgan fingerprint density at radius 2 is 0.733 bits per heavy atom. The third-order valence-electron chi connectivity index (χ3n) is 8.87. The van der Waals surface area contributed by atoms with Gasteiger partial charge in [0, 0.05) is 5.56 Å². The molecule has 8 aromatic carbocycles. The smallest absolute Gasteiger partial charge is 0.124 e. The van der Waals surface area contributed by atoms with Crippen LogP contribution in [0.5, 0.6) is 0 Å². The molecule has 1 nitrogen and oxygen atoms in total. The van der Waals surface area contributed by atoms with Gasteiger partial charge in [-0.1, -0.05) is 127 Å². The number of hydrogen-bond acceptors (Lipinski definition) is 2. The third kappa shape index (κ3) is 4.50. The molecule has 0 radical (unpaired) electrons. The van der Waals surface area contributed by atoms with Crippen molar-refractivity contribution in [1.29, 1.82) is 0 Å². The number of nitrogens with zero attached hydrogens (tertiary/aromatic N) is 1. The summed E-state index contributed by atoms with van der Waals surface area (Å²) in [6, 6.07) is 59.3. The van der Waals surface area contributed by atoms with E-state index in [1.54, 1.807) is 11.3 Å². The van der Waals surface area contributed by atoms with E-state index < -0.39 is 0 Å². The second-order valence-corrected chi connectivity index (χ2v) is 12.6. The van der Waals surface area contributed by atoms with Crippen LogP contribution in [0.2, 0.25) is 0 Å². The van der Waals surface area contributed by atoms with E-state index in [1.165, 1.54) is 70.4 Å². The molecule has 0 saturated heterocycles. The summed E-state index contributed by atoms with van der Waals surface area (Å²) < 4.78 is 1.22. The molecule has 9 aromatic rings. The minimum absolute atomic E-state index is 1.05. The van der Waals surface area contributed by atoms with E-state index in [2.05, 4.69) is 158 Å². The fourth-order valence-electron chi connectivity index (χ4n) is 6.67. The first-order valence-electron chi connectivity index (χ1n) is 15.3. The van der Waals surface area contributed by atoms with E-state index in [4.69, 9.17) is 4.98 Å². The Bertz CT molecular complexity index is 2490. The Kier molecular flexibility index (Phi) is 6.07. The second-order valence-electron chi connectivity index (χ2n) is 11.6. The summed E-state index contributed by atoms with van der Waals surface area (Å²) in [5, 5.41) is 8.85. The molecule has 0 bridgehead atoms. The van der Waals surface area contributed by atoms with Crippen LogP contribution >= 0.6 is 11.3 Å². The zero-order valence-corrected chi connectivity index (χ0v) is 25.3. The van der Waals surface area contributed by atoms with Crippen molar-refractivity contribution < 1.29 is 0 Å². The van der Waals surface area contributed by atoms with E-state index >= 15 is 0 Å². The van der Waals surface area contributed by atoms with Crippen LogP contribution in [0.3, 0.4) is 0 Å². The van der Waals surface area contributed by atoms with Crippen molar-refractivity contribution >= 4 is 53.9 Å². The maximum Gasteiger partial charge on any atom is 0.124 e. The molecule has 210 valence electrons. The van der Waals surface area contributed by atoms with E-state index in [9.17, 15) is 0 Å². The van der Waals surface area contributed by atoms with Crippen LogP contribution in [-0.2, 0) is 0 Å². The minimum Gasteiger partial charge on any atom is -0.236 e. The quantitative estimate of drug-likeness (QED) is 0.186. The van der Waals surface area contributed by atoms with Gasteiger partial charge in [0.2, 0.25) is 0 Å². The van der Waals surface area contributed by atoms with Crippen molar-refractivity contribution in [3.8, 4) is 44.0 Å². The van der Waals surface area contributed by atoms with Gasteiger partial charge in [-0.15, -0.1) is 11.3 Å². The van der Waals surface area contributed by atoms with Crippen LogP contribution in [0.1, 0.15) is 0 Å². The number of para-hydroxylation sites is 1. The number of rotatable bonds is 4. The van der Waals surface area contributed by atoms with E-state index in [0.717, 1.165) is 16.1 Å². The van der Waals surface area contributed by atoms with E-state index in [-0.39, 0.29) is 0 Å². The van der Waals surface area contributed by atoms with Gasteiger partial charge in [0.1, 0.15) is 5.01 Å². The molecule has 0 fully saturated rings. The maximum absolute atomic E-state index is 4.89. The number of hydrogen-bond donors (Lipinski definition) is 0. The molecule has 0 aliphatic heterocycles. The van der Waals surface area contributed by atoms with Crippen molar-refractivity contribution in [3.05, 3.63) is 164 Å². The Morgan fingerprint density at radius 1 is 0.311 bits per heavy atom. The molecule has 1 heterocycles. The molecule has 0 saturated carbocycles. The standard InChI is InChI=1S/C43H27NS/c1-2-18-37-35(16-1)36-17-3-4-19-38(36)40-27-33(22-23-39(37)40)31-13-8-11-29(25-31)28-10-7-12-30(24-28)32-14-9-15-34(26-32)43-44-41-20-5-6-21-42(41)45-43/h1-27H. The molecule has 45 heavy (non-hydrogen) atoms. The van der Waals surface area contributed by atoms with Crippen LogP contribution < -0.4 is 0 Å². The monoisotopic (exact) mass is 589 g/mol. The number of aromatic nitrogens is 1. The van der Waals surface area contributed by atoms with Crippen molar-refractivity contribution in [1.82, 2.24) is 4.98 Å². The highest BCUT2D eigenvalue weighted by atomic mass is 32.1. The Balaban J connectivity index is 1.10. The van der Waals surface area contributed by atoms with Crippen molar-refractivity contribution in [2.45, 2.75) is 0 Å². The molecule has 1 aromatic heterocycles. The first kappa shape index (κ1) is 25.9. The molecule has 9 rings (SSSR count). The van der Waals surface area contributed by atoms with Crippen LogP contribution in [0, 0.1) is 0 Å². The number of thiazole rings is 1. The maximum atomic E-state index is 4.89. The molecule has 0 aliphatic rings. The van der Waals surface area contributed by atoms with Crippen molar-refractivity contribution in [3.63, 3.8) is 0 Å². The zero-order valence-electron chi connectivity index (χ0n) is 24.4. The van der Waals surface area contributed by atoms with Gasteiger partial charge in [0.25, 0.3) is 0 Å². The highest BCUT2D eigenvalue weighted by molar-refractivity contribution is 7.21. The Labute approximate surface area is 265 Å². The van der Waals surface area contributed by atoms with Gasteiger partial charge in [-0.25, -0.2) is 4.98 Å². The molecule has 0 spiro atoms. The lowest BCUT2D eigenvalue weighted by molar-refractivity contribution is 1.47. The average molecular weight is 590 g/mol. The van der Waals surface area contributed by atoms with Gasteiger partial charge in [-0.05, 0) is 102 Å². The first-order chi connectivity index (χ1) is 22.3. The largest absolute Gasteiger partial charge is 0.236 e. The second kappa shape index (κ2) is 10.6. The molecular formula is C43H27NS. The summed E-state index contributed by atoms with van der Waals surface area (Å²) in [5.74, 6) is 0. The Morgan fingerprint density at radius 3 is 1.29 bits per heavy atom. The van der Waals surface area contributed by atoms with Crippen molar-refractivity contribution in [2.75, 3.05) is 0 Å². The van der Waals surface area contributed by atoms with Crippen molar-refractivity contribution in [2.24, 2.45) is 0 Å². The Hall–Kier alpha value is -5.57. The minimum atomic E-state index is 1.05. The van der Waals surface area contributed by atoms with Gasteiger partial charge >= 0.3 is 0 Å². The van der Waals surface area contributed by atoms with Crippen LogP contribution in [0.25, 0.3) is 86.5 Å². The number of benzene rings is 8. The van der Waals surface area contributed by atoms with Crippen LogP contribution in [0.15, 0.2) is 164 Å². The van der Waals surface area contributed by atoms with Crippen LogP contribution in [0.4, 0.5) is 0 Å². The van der Waals surface area contributed by atoms with Gasteiger partial charge in [0.15, 0.2) is 0 Å². The summed E-state index contributed by atoms with van der Waals surface area (Å²) in [7, 11) is 0. The fraction of sp³-hybridized carbons (Fsp3) is 0. The third-order valence-corrected chi connectivity index (χ3v) is 9.96. The lowest BCUT2D eigenvalue weighted by Gasteiger charge is -2.13. The van der Waals surface area contributed by atoms with E-state index in [1.807, 2.05) is 6.07 Å². The number of fused-ring (bicyclic) bond motifs is 7. The summed E-state index contributed by atoms with van der Waals surface area (Å²) in [6.07, 6.45) is 0. The van der Waals surface area contributed by atoms with Gasteiger partial charge in [-0.3, -0.25) is 0 Å². The van der Waals surface area contributed by atoms with Crippen LogP contribution in [-0.4, -0.2) is 4.98 Å². The first-order valence-corrected chi connectivity index (χ1v) is 16.1. The van der Waals surface area contributed by atoms with Gasteiger partial charge in [-0.2, -0.15) is 0 Å². The lowest BCUT2D eigenvalue weighted by Crippen LogP contribution is -1.86. The molecule has 0 N–H and O–H groups in total. The normalized spacial score (nSPS) is 11.6. The lowest BCUT2D eigenvalue weighted by atomic mass is 9.91. The summed E-state index contributed by atoms with van der Waals surface area (Å²) >= 11 is 1.74. The molecular weight excluding hydrogens is 563 g/mol. The molecule has 2 heteroatoms. The predicted molar refractivity (Wildman–Crippen MR) is 194 cm³/mol. The zero-order chi connectivity index (χ0) is 29.7. The highest BCUT2D eigenvalue weighted by Gasteiger charge is 2.11. The van der Waals surface area contributed by atoms with Gasteiger partial charge < -0.3 is 0 Å². The average Bonchev–Trinajstić information content (AvgIpc) is 3.57. The molecule has 0 unspecified atom stereocenters. The molecule has 0 amide bonds. The molecule has 0 aliphatic carbocycles. The fourth-order valence-corrected chi connectivity index (χ4v) is 7.63. The summed E-state index contributed by atoms with van der Waals surface area (Å²) in [6.45, 7) is 0. The molecule has 0 atom stereocenters. The summed E-state index contributed by atoms with van der Waals surface area (Å²) in [4.78, 5) is 4.89. The SMILES string of the molecule is c1cc(-c2cccc(-c3ccc4c5ccccc5c5ccccc5c4c3)c2)cc(-c2cccc(-c3nc4ccccc4s3)c2)c1. The van der Waals surface area contributed by atoms with E-state index in [0.29, 0.717) is 0 Å².